The Kier molecular flexibility index (Phi) is 11.0. The summed E-state index contributed by atoms with van der Waals surface area (Å²) in [6, 6.07) is 22.9. The topological polar surface area (TPSA) is 131 Å². The third-order valence-corrected chi connectivity index (χ3v) is 13.5. The van der Waals surface area contributed by atoms with Gasteiger partial charge in [-0.1, -0.05) is 65.3 Å². The molecule has 0 aliphatic carbocycles. The molecule has 1 spiro atoms. The predicted molar refractivity (Wildman–Crippen MR) is 199 cm³/mol. The molecule has 266 valence electrons. The highest BCUT2D eigenvalue weighted by Crippen LogP contribution is 2.60. The van der Waals surface area contributed by atoms with Crippen molar-refractivity contribution in [3.63, 3.8) is 0 Å². The lowest BCUT2D eigenvalue weighted by atomic mass is 9.82. The molecule has 3 amide bonds. The van der Waals surface area contributed by atoms with Gasteiger partial charge in [-0.3, -0.25) is 14.4 Å². The minimum absolute atomic E-state index is 0.0160. The molecule has 1 unspecified atom stereocenters. The molecule has 3 heterocycles. The minimum atomic E-state index is -3.01. The van der Waals surface area contributed by atoms with Crippen LogP contribution >= 0.6 is 15.9 Å². The van der Waals surface area contributed by atoms with Gasteiger partial charge in [-0.05, 0) is 73.9 Å². The van der Waals surface area contributed by atoms with Crippen molar-refractivity contribution in [3.8, 4) is 0 Å². The van der Waals surface area contributed by atoms with Crippen LogP contribution in [0.1, 0.15) is 42.9 Å². The van der Waals surface area contributed by atoms with Gasteiger partial charge in [-0.25, -0.2) is 0 Å². The number of ether oxygens (including phenoxy) is 1. The van der Waals surface area contributed by atoms with Gasteiger partial charge in [-0.2, -0.15) is 0 Å². The summed E-state index contributed by atoms with van der Waals surface area (Å²) in [5.41, 5.74) is 2.03. The van der Waals surface area contributed by atoms with E-state index in [1.807, 2.05) is 92.8 Å². The molecule has 3 aliphatic rings. The monoisotopic (exact) mass is 762 g/mol. The molecule has 0 bridgehead atoms. The Morgan fingerprint density at radius 1 is 1.10 bits per heavy atom. The Hall–Kier alpha value is -3.39. The third kappa shape index (κ3) is 7.33. The number of carbonyl (C=O) groups is 3. The number of hydrogen-bond acceptors (Lipinski definition) is 7. The summed E-state index contributed by atoms with van der Waals surface area (Å²) >= 11 is 3.61. The minimum Gasteiger partial charge on any atom is -0.432 e. The Morgan fingerprint density at radius 2 is 1.86 bits per heavy atom. The van der Waals surface area contributed by atoms with Crippen molar-refractivity contribution < 1.29 is 29.0 Å². The Morgan fingerprint density at radius 3 is 2.56 bits per heavy atom. The largest absolute Gasteiger partial charge is 0.432 e. The number of aliphatic hydroxyl groups is 1. The van der Waals surface area contributed by atoms with E-state index in [1.54, 1.807) is 9.80 Å². The number of fused-ring (bicyclic) bond motifs is 2. The Bertz CT molecular complexity index is 1710. The Labute approximate surface area is 303 Å². The molecule has 5 atom stereocenters. The summed E-state index contributed by atoms with van der Waals surface area (Å²) in [7, 11) is -3.01. The van der Waals surface area contributed by atoms with Crippen LogP contribution in [0.4, 0.5) is 11.4 Å². The van der Waals surface area contributed by atoms with Crippen LogP contribution in [0.25, 0.3) is 0 Å². The number of nitrogens with one attached hydrogen (secondary N) is 2. The summed E-state index contributed by atoms with van der Waals surface area (Å²) in [4.78, 5) is 56.8. The number of piperidine rings is 1. The number of amides is 3. The van der Waals surface area contributed by atoms with E-state index in [9.17, 15) is 24.3 Å². The fraction of sp³-hybridized carbons (Fsp3) is 0.447. The van der Waals surface area contributed by atoms with Crippen molar-refractivity contribution in [2.45, 2.75) is 69.6 Å². The average molecular weight is 764 g/mol. The highest BCUT2D eigenvalue weighted by molar-refractivity contribution is 9.10. The van der Waals surface area contributed by atoms with E-state index in [2.05, 4.69) is 26.6 Å². The lowest BCUT2D eigenvalue weighted by Crippen LogP contribution is -2.46. The van der Waals surface area contributed by atoms with Crippen LogP contribution in [0.3, 0.4) is 0 Å². The molecule has 50 heavy (non-hydrogen) atoms. The molecule has 6 rings (SSSR count). The van der Waals surface area contributed by atoms with Crippen LogP contribution in [0.2, 0.25) is 18.6 Å². The molecule has 3 aliphatic heterocycles. The van der Waals surface area contributed by atoms with E-state index in [0.717, 1.165) is 35.0 Å². The van der Waals surface area contributed by atoms with E-state index in [4.69, 9.17) is 4.74 Å². The second kappa shape index (κ2) is 15.1. The SMILES string of the molecule is C[C@H]1[C@H]([Si](C)(C)O)[C@@H](CC(=O)N(CCO)Cc2ccccc2)O[C@]12C(=O)N(Cc1cccc(NC(=O)C3CCCNC3)c1)c1ccc(Br)cc12. The van der Waals surface area contributed by atoms with Gasteiger partial charge in [0.25, 0.3) is 5.91 Å². The van der Waals surface area contributed by atoms with Crippen molar-refractivity contribution in [3.05, 3.63) is 94.0 Å². The first-order valence-electron chi connectivity index (χ1n) is 17.5. The lowest BCUT2D eigenvalue weighted by Gasteiger charge is -2.32. The van der Waals surface area contributed by atoms with Crippen LogP contribution in [0.5, 0.6) is 0 Å². The van der Waals surface area contributed by atoms with Crippen LogP contribution in [0, 0.1) is 11.8 Å². The second-order valence-corrected chi connectivity index (χ2v) is 19.3. The summed E-state index contributed by atoms with van der Waals surface area (Å²) < 4.78 is 7.69. The summed E-state index contributed by atoms with van der Waals surface area (Å²) in [5.74, 6) is -0.985. The third-order valence-electron chi connectivity index (χ3n) is 10.5. The molecular formula is C38H47BrN4O6Si. The lowest BCUT2D eigenvalue weighted by molar-refractivity contribution is -0.150. The van der Waals surface area contributed by atoms with Crippen molar-refractivity contribution in [1.82, 2.24) is 10.2 Å². The zero-order valence-corrected chi connectivity index (χ0v) is 31.5. The van der Waals surface area contributed by atoms with Gasteiger partial charge < -0.3 is 35.1 Å². The van der Waals surface area contributed by atoms with E-state index in [1.165, 1.54) is 0 Å². The fourth-order valence-electron chi connectivity index (χ4n) is 8.17. The van der Waals surface area contributed by atoms with Crippen molar-refractivity contribution >= 4 is 53.3 Å². The molecule has 2 saturated heterocycles. The molecule has 10 nitrogen and oxygen atoms in total. The van der Waals surface area contributed by atoms with Gasteiger partial charge >= 0.3 is 0 Å². The Balaban J connectivity index is 1.28. The van der Waals surface area contributed by atoms with Gasteiger partial charge in [0.2, 0.25) is 11.8 Å². The van der Waals surface area contributed by atoms with Crippen LogP contribution < -0.4 is 15.5 Å². The average Bonchev–Trinajstić information content (AvgIpc) is 3.51. The molecule has 2 fully saturated rings. The number of hydrogen-bond donors (Lipinski definition) is 4. The van der Waals surface area contributed by atoms with Crippen LogP contribution in [-0.2, 0) is 37.8 Å². The zero-order chi connectivity index (χ0) is 35.6. The standard InChI is InChI=1S/C38H47BrN4O6Si/c1-25-35(50(2,3)48)33(21-34(45)42(17-18-44)23-26-9-5-4-6-10-26)49-38(25)31-20-29(39)14-15-32(31)43(37(38)47)24-27-11-7-13-30(19-27)41-36(46)28-12-8-16-40-22-28/h4-7,9-11,13-15,19-20,25,28,33,35,40,44,48H,8,12,16-18,21-24H2,1-3H3,(H,41,46)/t25-,28?,33+,35-,38+/m0/s1. The van der Waals surface area contributed by atoms with E-state index in [-0.39, 0.29) is 49.8 Å². The van der Waals surface area contributed by atoms with Gasteiger partial charge in [0.1, 0.15) is 0 Å². The van der Waals surface area contributed by atoms with Gasteiger partial charge in [-0.15, -0.1) is 0 Å². The summed E-state index contributed by atoms with van der Waals surface area (Å²) in [5, 5.41) is 16.2. The first kappa shape index (κ1) is 36.4. The molecule has 3 aromatic rings. The molecule has 0 radical (unpaired) electrons. The number of halogens is 1. The van der Waals surface area contributed by atoms with E-state index in [0.29, 0.717) is 30.0 Å². The molecule has 0 aromatic heterocycles. The molecule has 12 heteroatoms. The number of benzene rings is 3. The highest BCUT2D eigenvalue weighted by atomic mass is 79.9. The first-order chi connectivity index (χ1) is 23.9. The first-order valence-corrected chi connectivity index (χ1v) is 21.3. The number of nitrogens with zero attached hydrogens (tertiary/aromatic N) is 2. The summed E-state index contributed by atoms with van der Waals surface area (Å²) in [6.45, 7) is 7.77. The van der Waals surface area contributed by atoms with E-state index < -0.39 is 31.5 Å². The van der Waals surface area contributed by atoms with Crippen molar-refractivity contribution in [2.75, 3.05) is 36.5 Å². The number of rotatable bonds is 11. The number of aliphatic hydroxyl groups excluding tert-OH is 1. The maximum absolute atomic E-state index is 14.9. The molecule has 3 aromatic carbocycles. The smallest absolute Gasteiger partial charge is 0.264 e. The quantitative estimate of drug-likeness (QED) is 0.199. The van der Waals surface area contributed by atoms with Crippen LogP contribution in [-0.4, -0.2) is 73.2 Å². The molecule has 0 saturated carbocycles. The number of anilines is 2. The second-order valence-electron chi connectivity index (χ2n) is 14.4. The zero-order valence-electron chi connectivity index (χ0n) is 28.9. The molecule has 4 N–H and O–H groups in total. The van der Waals surface area contributed by atoms with Gasteiger partial charge in [0.05, 0.1) is 37.3 Å². The van der Waals surface area contributed by atoms with Crippen molar-refractivity contribution in [1.29, 1.82) is 0 Å². The molecular weight excluding hydrogens is 716 g/mol. The predicted octanol–water partition coefficient (Wildman–Crippen LogP) is 5.14. The highest BCUT2D eigenvalue weighted by Gasteiger charge is 2.66. The fourth-order valence-corrected chi connectivity index (χ4v) is 11.1. The van der Waals surface area contributed by atoms with Crippen molar-refractivity contribution in [2.24, 2.45) is 11.8 Å². The number of carbonyl (C=O) groups excluding carboxylic acids is 3. The maximum atomic E-state index is 14.9. The normalized spacial score (nSPS) is 24.8. The van der Waals surface area contributed by atoms with Gasteiger partial charge in [0, 0.05) is 46.8 Å². The van der Waals surface area contributed by atoms with Gasteiger partial charge in [0.15, 0.2) is 13.9 Å². The van der Waals surface area contributed by atoms with E-state index >= 15 is 0 Å². The maximum Gasteiger partial charge on any atom is 0.264 e. The van der Waals surface area contributed by atoms with Crippen LogP contribution in [0.15, 0.2) is 77.3 Å². The summed E-state index contributed by atoms with van der Waals surface area (Å²) in [6.07, 6.45) is 1.06.